The molecule has 1 heterocycles. The minimum atomic E-state index is 0. The average Bonchev–Trinajstić information content (AvgIpc) is 2.85. The van der Waals surface area contributed by atoms with E-state index in [1.54, 1.807) is 24.3 Å². The van der Waals surface area contributed by atoms with Crippen molar-refractivity contribution in [1.82, 2.24) is 0 Å². The fraction of sp³-hybridized carbons (Fsp3) is 0.111. The molecule has 1 radical (unpaired) electrons. The SMILES string of the molecule is Cc1[c-]c(C)[pH]c1.[O-]c1ccccc1.[O-]c1ccccc1.[Ti+3]. The molecule has 111 valence electrons. The Morgan fingerprint density at radius 1 is 0.773 bits per heavy atom. The van der Waals surface area contributed by atoms with E-state index in [4.69, 9.17) is 0 Å². The minimum Gasteiger partial charge on any atom is -0.872 e. The van der Waals surface area contributed by atoms with Gasteiger partial charge in [0.2, 0.25) is 0 Å². The van der Waals surface area contributed by atoms with E-state index in [0.29, 0.717) is 0 Å². The third kappa shape index (κ3) is 10.3. The van der Waals surface area contributed by atoms with Crippen LogP contribution >= 0.6 is 8.19 Å². The number of benzene rings is 2. The number of aryl methyl sites for hydroxylation is 2. The Morgan fingerprint density at radius 3 is 1.32 bits per heavy atom. The van der Waals surface area contributed by atoms with Crippen molar-refractivity contribution in [2.45, 2.75) is 13.8 Å². The topological polar surface area (TPSA) is 46.1 Å². The second-order valence-corrected chi connectivity index (χ2v) is 5.68. The number of rotatable bonds is 0. The molecular weight excluding hydrogens is 327 g/mol. The Labute approximate surface area is 148 Å². The molecule has 0 fully saturated rings. The summed E-state index contributed by atoms with van der Waals surface area (Å²) in [6.07, 6.45) is 0. The first-order valence-electron chi connectivity index (χ1n) is 6.56. The summed E-state index contributed by atoms with van der Waals surface area (Å²) < 4.78 is 0. The first-order valence-corrected chi connectivity index (χ1v) is 7.63. The maximum atomic E-state index is 10.3. The van der Waals surface area contributed by atoms with Crippen molar-refractivity contribution in [3.8, 4) is 11.5 Å². The molecule has 3 aromatic rings. The van der Waals surface area contributed by atoms with Gasteiger partial charge in [-0.15, -0.1) is 16.8 Å². The van der Waals surface area contributed by atoms with E-state index >= 15 is 0 Å². The zero-order valence-electron chi connectivity index (χ0n) is 12.7. The Balaban J connectivity index is 0.000000294. The number of hydrogen-bond donors (Lipinski definition) is 0. The third-order valence-corrected chi connectivity index (χ3v) is 3.51. The Hall–Kier alpha value is -1.47. The predicted octanol–water partition coefficient (Wildman–Crippen LogP) is 3.65. The van der Waals surface area contributed by atoms with Crippen molar-refractivity contribution in [2.24, 2.45) is 0 Å². The van der Waals surface area contributed by atoms with E-state index in [2.05, 4.69) is 25.7 Å². The molecule has 0 spiro atoms. The quantitative estimate of drug-likeness (QED) is 0.461. The summed E-state index contributed by atoms with van der Waals surface area (Å²) in [4.78, 5) is 0. The molecule has 0 bridgehead atoms. The van der Waals surface area contributed by atoms with Crippen molar-refractivity contribution in [3.05, 3.63) is 83.4 Å². The van der Waals surface area contributed by atoms with Gasteiger partial charge in [-0.05, 0) is 0 Å². The predicted molar refractivity (Wildman–Crippen MR) is 86.0 cm³/mol. The van der Waals surface area contributed by atoms with Crippen LogP contribution in [0.5, 0.6) is 11.5 Å². The molecule has 2 nitrogen and oxygen atoms in total. The summed E-state index contributed by atoms with van der Waals surface area (Å²) in [5, 5.41) is 21.9. The molecule has 0 saturated carbocycles. The van der Waals surface area contributed by atoms with Gasteiger partial charge in [-0.25, -0.2) is 19.8 Å². The molecule has 3 rings (SSSR count). The van der Waals surface area contributed by atoms with Crippen LogP contribution in [0.1, 0.15) is 10.9 Å². The number of para-hydroxylation sites is 2. The van der Waals surface area contributed by atoms with Gasteiger partial charge in [0.1, 0.15) is 0 Å². The van der Waals surface area contributed by atoms with Crippen molar-refractivity contribution >= 4 is 8.19 Å². The number of hydrogen-bond acceptors (Lipinski definition) is 2. The molecule has 0 N–H and O–H groups in total. The van der Waals surface area contributed by atoms with Gasteiger partial charge in [0.05, 0.1) is 0 Å². The summed E-state index contributed by atoms with van der Waals surface area (Å²) in [5.41, 5.74) is 1.30. The fourth-order valence-electron chi connectivity index (χ4n) is 1.43. The second kappa shape index (κ2) is 12.1. The standard InChI is InChI=1S/2C6H6O.C6H8P.Ti/c2*7-6-4-2-1-3-5-6;1-5-3-6(2)7-4-5;/h2*1-5,7H;4,7H,1-2H3;/q;;-1;+3/p-2. The van der Waals surface area contributed by atoms with E-state index in [1.807, 2.05) is 12.1 Å². The molecule has 0 aliphatic rings. The van der Waals surface area contributed by atoms with Gasteiger partial charge in [-0.2, -0.15) is 5.80 Å². The molecular formula is C18H18O2PTi. The molecule has 1 aromatic heterocycles. The van der Waals surface area contributed by atoms with Crippen LogP contribution < -0.4 is 10.2 Å². The minimum absolute atomic E-state index is 0. The van der Waals surface area contributed by atoms with E-state index in [-0.39, 0.29) is 33.2 Å². The molecule has 2 aromatic carbocycles. The molecule has 1 unspecified atom stereocenters. The third-order valence-electron chi connectivity index (χ3n) is 2.38. The monoisotopic (exact) mass is 345 g/mol. The van der Waals surface area contributed by atoms with Crippen LogP contribution in [0, 0.1) is 19.9 Å². The van der Waals surface area contributed by atoms with E-state index < -0.39 is 0 Å². The smallest absolute Gasteiger partial charge is 0.872 e. The van der Waals surface area contributed by atoms with Gasteiger partial charge in [0.25, 0.3) is 0 Å². The summed E-state index contributed by atoms with van der Waals surface area (Å²) in [5.74, 6) is 2.36. The fourth-order valence-corrected chi connectivity index (χ4v) is 2.20. The van der Waals surface area contributed by atoms with Crippen molar-refractivity contribution < 1.29 is 31.9 Å². The van der Waals surface area contributed by atoms with Gasteiger partial charge in [0.15, 0.2) is 0 Å². The van der Waals surface area contributed by atoms with Crippen LogP contribution in [-0.4, -0.2) is 0 Å². The summed E-state index contributed by atoms with van der Waals surface area (Å²) in [7, 11) is 0.906. The van der Waals surface area contributed by atoms with E-state index in [9.17, 15) is 10.2 Å². The van der Waals surface area contributed by atoms with Crippen molar-refractivity contribution in [1.29, 1.82) is 0 Å². The molecule has 1 atom stereocenters. The Morgan fingerprint density at radius 2 is 1.18 bits per heavy atom. The second-order valence-electron chi connectivity index (χ2n) is 4.35. The first-order chi connectivity index (χ1) is 10.1. The van der Waals surface area contributed by atoms with Crippen LogP contribution in [0.4, 0.5) is 0 Å². The molecule has 22 heavy (non-hydrogen) atoms. The maximum absolute atomic E-state index is 10.3. The molecule has 0 saturated heterocycles. The van der Waals surface area contributed by atoms with Crippen LogP contribution in [-0.2, 0) is 21.7 Å². The van der Waals surface area contributed by atoms with E-state index in [0.717, 1.165) is 8.19 Å². The molecule has 4 heteroatoms. The van der Waals surface area contributed by atoms with Crippen molar-refractivity contribution in [2.75, 3.05) is 0 Å². The van der Waals surface area contributed by atoms with Gasteiger partial charge in [-0.1, -0.05) is 74.5 Å². The largest absolute Gasteiger partial charge is 3.00 e. The zero-order chi connectivity index (χ0) is 15.5. The zero-order valence-corrected chi connectivity index (χ0v) is 15.2. The summed E-state index contributed by atoms with van der Waals surface area (Å²) >= 11 is 0. The molecule has 0 aliphatic heterocycles. The Bertz CT molecular complexity index is 555. The maximum Gasteiger partial charge on any atom is 3.00 e. The van der Waals surface area contributed by atoms with Crippen LogP contribution in [0.2, 0.25) is 0 Å². The average molecular weight is 345 g/mol. The normalized spacial score (nSPS) is 8.82. The van der Waals surface area contributed by atoms with Crippen LogP contribution in [0.3, 0.4) is 0 Å². The molecule has 0 amide bonds. The van der Waals surface area contributed by atoms with Gasteiger partial charge in [0, 0.05) is 0 Å². The summed E-state index contributed by atoms with van der Waals surface area (Å²) in [6.45, 7) is 4.20. The van der Waals surface area contributed by atoms with Crippen LogP contribution in [0.25, 0.3) is 0 Å². The molecule has 0 aliphatic carbocycles. The van der Waals surface area contributed by atoms with Gasteiger partial charge in [-0.3, -0.25) is 0 Å². The van der Waals surface area contributed by atoms with Gasteiger partial charge >= 0.3 is 21.7 Å². The van der Waals surface area contributed by atoms with Gasteiger partial charge < -0.3 is 10.2 Å². The first kappa shape index (κ1) is 20.5. The Kier molecular flexibility index (Phi) is 11.3. The van der Waals surface area contributed by atoms with E-state index in [1.165, 1.54) is 35.1 Å². The van der Waals surface area contributed by atoms with Crippen LogP contribution in [0.15, 0.2) is 66.5 Å². The van der Waals surface area contributed by atoms with Crippen molar-refractivity contribution in [3.63, 3.8) is 0 Å². The summed E-state index contributed by atoms with van der Waals surface area (Å²) in [6, 6.07) is 19.9.